The molecule has 4 amide bonds. The summed E-state index contributed by atoms with van der Waals surface area (Å²) in [6, 6.07) is 15.7. The minimum absolute atomic E-state index is 0.0213. The summed E-state index contributed by atoms with van der Waals surface area (Å²) in [6.07, 6.45) is 11.0. The van der Waals surface area contributed by atoms with E-state index in [4.69, 9.17) is 33.7 Å². The number of ether oxygens (including phenoxy) is 5. The number of hydrogen-bond donors (Lipinski definition) is 3. The van der Waals surface area contributed by atoms with Gasteiger partial charge in [-0.1, -0.05) is 38.1 Å². The number of aromatic amines is 1. The number of allylic oxidation sites excluding steroid dienone is 1. The third-order valence-corrected chi connectivity index (χ3v) is 16.1. The molecule has 6 aliphatic heterocycles. The fourth-order valence-corrected chi connectivity index (χ4v) is 12.1. The second-order valence-electron chi connectivity index (χ2n) is 19.7. The van der Waals surface area contributed by atoms with Crippen LogP contribution in [0.25, 0.3) is 27.6 Å². The Kier molecular flexibility index (Phi) is 13.7. The highest BCUT2D eigenvalue weighted by molar-refractivity contribution is 6.04. The first-order valence-electron chi connectivity index (χ1n) is 25.3. The minimum Gasteiger partial charge on any atom is -0.457 e. The van der Waals surface area contributed by atoms with E-state index in [2.05, 4.69) is 78.0 Å². The van der Waals surface area contributed by atoms with E-state index in [0.29, 0.717) is 77.4 Å². The maximum absolute atomic E-state index is 14.2. The number of hydrogen-bond acceptors (Lipinski definition) is 11. The number of rotatable bonds is 12. The molecule has 370 valence electrons. The van der Waals surface area contributed by atoms with Crippen molar-refractivity contribution >= 4 is 46.1 Å². The molecule has 3 aromatic carbocycles. The Hall–Kier alpha value is -6.26. The fraction of sp³-hybridized carbons (Fsp3) is 0.519. The van der Waals surface area contributed by atoms with Crippen LogP contribution in [0, 0.1) is 11.8 Å². The van der Waals surface area contributed by atoms with Crippen molar-refractivity contribution < 1.29 is 42.9 Å². The molecule has 4 saturated heterocycles. The highest BCUT2D eigenvalue weighted by atomic mass is 16.5. The van der Waals surface area contributed by atoms with Gasteiger partial charge in [-0.15, -0.1) is 0 Å². The molecule has 1 aromatic heterocycles. The van der Waals surface area contributed by atoms with E-state index in [9.17, 15) is 19.2 Å². The van der Waals surface area contributed by atoms with Crippen molar-refractivity contribution in [3.63, 3.8) is 0 Å². The maximum Gasteiger partial charge on any atom is 0.407 e. The van der Waals surface area contributed by atoms with E-state index < -0.39 is 24.3 Å². The quantitative estimate of drug-likeness (QED) is 0.124. The van der Waals surface area contributed by atoms with Crippen molar-refractivity contribution in [3.8, 4) is 22.8 Å². The third-order valence-electron chi connectivity index (χ3n) is 16.1. The standard InChI is InChI=1S/C54H65N7O9/c1-5-54(6-2)39-14-13-36(42-31-56-49(57-42)44-10-8-20-61(44)51(63)48(59-53(65)67-4)33-17-23-69-24-18-33)29-45(39)70-46-28-35-12-11-34(25-37(35)26-40(46)54)38-27-41(55-30-38)43-9-7-19-60(43)50(62)47(58-52(64)66-3)32-15-21-68-22-16-32/h11-14,25-26,28-33,43-44,47-48H,5-10,15-24,27H2,1-4H3,(H,56,57)(H,58,64)(H,59,65)/t43-,44-,47-,48+/m0/s1. The van der Waals surface area contributed by atoms with Crippen LogP contribution in [0.4, 0.5) is 9.59 Å². The predicted molar refractivity (Wildman–Crippen MR) is 264 cm³/mol. The van der Waals surface area contributed by atoms with Gasteiger partial charge in [-0.05, 0) is 122 Å². The molecule has 0 spiro atoms. The summed E-state index contributed by atoms with van der Waals surface area (Å²) < 4.78 is 27.8. The minimum atomic E-state index is -0.703. The first-order valence-corrected chi connectivity index (χ1v) is 25.3. The van der Waals surface area contributed by atoms with E-state index in [1.165, 1.54) is 14.2 Å². The highest BCUT2D eigenvalue weighted by Crippen LogP contribution is 2.53. The van der Waals surface area contributed by atoms with Gasteiger partial charge >= 0.3 is 12.2 Å². The smallest absolute Gasteiger partial charge is 0.407 e. The Bertz CT molecular complexity index is 2700. The molecule has 16 heteroatoms. The zero-order valence-electron chi connectivity index (χ0n) is 40.7. The average molecular weight is 956 g/mol. The van der Waals surface area contributed by atoms with Gasteiger partial charge in [-0.2, -0.15) is 0 Å². The summed E-state index contributed by atoms with van der Waals surface area (Å²) in [7, 11) is 2.64. The number of fused-ring (bicyclic) bond motifs is 3. The Morgan fingerprint density at radius 2 is 1.33 bits per heavy atom. The van der Waals surface area contributed by atoms with Crippen LogP contribution >= 0.6 is 0 Å². The SMILES string of the molecule is CCC1(CC)c2ccc(-c3cnc([C@@H]4CCCN4C(=O)[C@H](NC(=O)OC)C4CCOCC4)[nH]3)cc2Oc2cc3ccc(C4=CN=C([C@@H]5CCCN5C(=O)[C@@H](NC(=O)OC)C5CCOCC5)C4)cc3cc21. The molecule has 7 heterocycles. The van der Waals surface area contributed by atoms with Gasteiger partial charge in [-0.25, -0.2) is 14.6 Å². The lowest BCUT2D eigenvalue weighted by Gasteiger charge is -2.39. The van der Waals surface area contributed by atoms with Gasteiger partial charge in [0.05, 0.1) is 38.2 Å². The Balaban J connectivity index is 0.858. The van der Waals surface area contributed by atoms with E-state index >= 15 is 0 Å². The number of imidazole rings is 1. The highest BCUT2D eigenvalue weighted by Gasteiger charge is 2.44. The summed E-state index contributed by atoms with van der Waals surface area (Å²) in [5, 5.41) is 7.89. The number of carbonyl (C=O) groups is 4. The molecule has 6 aliphatic rings. The monoisotopic (exact) mass is 955 g/mol. The normalized spacial score (nSPS) is 22.1. The molecule has 0 bridgehead atoms. The van der Waals surface area contributed by atoms with Crippen molar-refractivity contribution in [2.45, 2.75) is 114 Å². The molecule has 10 rings (SSSR count). The van der Waals surface area contributed by atoms with E-state index in [0.717, 1.165) is 100 Å². The number of nitrogens with zero attached hydrogens (tertiary/aromatic N) is 4. The lowest BCUT2D eigenvalue weighted by Crippen LogP contribution is -2.55. The molecule has 0 unspecified atom stereocenters. The van der Waals surface area contributed by atoms with E-state index in [-0.39, 0.29) is 41.1 Å². The molecule has 0 aliphatic carbocycles. The summed E-state index contributed by atoms with van der Waals surface area (Å²) in [5.41, 5.74) is 6.96. The molecule has 3 N–H and O–H groups in total. The van der Waals surface area contributed by atoms with Gasteiger partial charge in [0.2, 0.25) is 11.8 Å². The Morgan fingerprint density at radius 1 is 0.729 bits per heavy atom. The van der Waals surface area contributed by atoms with Gasteiger partial charge in [0.25, 0.3) is 0 Å². The number of carbonyl (C=O) groups excluding carboxylic acids is 4. The van der Waals surface area contributed by atoms with E-state index in [1.54, 1.807) is 0 Å². The van der Waals surface area contributed by atoms with Gasteiger partial charge in [-0.3, -0.25) is 14.6 Å². The summed E-state index contributed by atoms with van der Waals surface area (Å²) in [4.78, 5) is 70.3. The average Bonchev–Trinajstić information content (AvgIpc) is 4.26. The van der Waals surface area contributed by atoms with Gasteiger partial charge in [0.1, 0.15) is 29.4 Å². The molecule has 0 saturated carbocycles. The zero-order chi connectivity index (χ0) is 48.5. The van der Waals surface area contributed by atoms with Gasteiger partial charge in [0.15, 0.2) is 0 Å². The van der Waals surface area contributed by atoms with Crippen LogP contribution in [0.3, 0.4) is 0 Å². The van der Waals surface area contributed by atoms with Crippen LogP contribution in [0.5, 0.6) is 11.5 Å². The fourth-order valence-electron chi connectivity index (χ4n) is 12.1. The Labute approximate surface area is 408 Å². The predicted octanol–water partition coefficient (Wildman–Crippen LogP) is 8.58. The first-order chi connectivity index (χ1) is 34.1. The summed E-state index contributed by atoms with van der Waals surface area (Å²) >= 11 is 0. The Morgan fingerprint density at radius 3 is 1.96 bits per heavy atom. The lowest BCUT2D eigenvalue weighted by atomic mass is 9.68. The summed E-state index contributed by atoms with van der Waals surface area (Å²) in [6.45, 7) is 7.92. The lowest BCUT2D eigenvalue weighted by molar-refractivity contribution is -0.137. The van der Waals surface area contributed by atoms with Crippen molar-refractivity contribution in [2.24, 2.45) is 16.8 Å². The number of aromatic nitrogens is 2. The van der Waals surface area contributed by atoms with Crippen LogP contribution in [0.1, 0.15) is 113 Å². The number of benzene rings is 3. The molecule has 70 heavy (non-hydrogen) atoms. The maximum atomic E-state index is 14.2. The molecular weight excluding hydrogens is 891 g/mol. The molecule has 4 atom stereocenters. The van der Waals surface area contributed by atoms with Crippen LogP contribution in [0.15, 0.2) is 65.9 Å². The van der Waals surface area contributed by atoms with Crippen LogP contribution < -0.4 is 15.4 Å². The van der Waals surface area contributed by atoms with Crippen LogP contribution in [0.2, 0.25) is 0 Å². The van der Waals surface area contributed by atoms with Crippen molar-refractivity contribution in [2.75, 3.05) is 53.7 Å². The number of nitrogens with one attached hydrogen (secondary N) is 3. The van der Waals surface area contributed by atoms with Crippen LogP contribution in [-0.4, -0.2) is 121 Å². The molecular formula is C54H65N7O9. The number of methoxy groups -OCH3 is 2. The van der Waals surface area contributed by atoms with Crippen molar-refractivity contribution in [1.29, 1.82) is 0 Å². The largest absolute Gasteiger partial charge is 0.457 e. The second kappa shape index (κ2) is 20.2. The summed E-state index contributed by atoms with van der Waals surface area (Å²) in [5.74, 6) is 2.11. The number of H-pyrrole nitrogens is 1. The molecule has 16 nitrogen and oxygen atoms in total. The number of aliphatic imine (C=N–C) groups is 1. The van der Waals surface area contributed by atoms with Gasteiger partial charge < -0.3 is 49.1 Å². The van der Waals surface area contributed by atoms with Gasteiger partial charge in [0, 0.05) is 80.0 Å². The van der Waals surface area contributed by atoms with Crippen molar-refractivity contribution in [1.82, 2.24) is 30.4 Å². The first kappa shape index (κ1) is 47.4. The number of likely N-dealkylation sites (tertiary alicyclic amines) is 2. The zero-order valence-corrected chi connectivity index (χ0v) is 40.7. The number of amides is 4. The van der Waals surface area contributed by atoms with E-state index in [1.807, 2.05) is 22.2 Å². The second-order valence-corrected chi connectivity index (χ2v) is 19.7. The topological polar surface area (TPSA) is 186 Å². The van der Waals surface area contributed by atoms with Crippen molar-refractivity contribution in [3.05, 3.63) is 83.4 Å². The number of alkyl carbamates (subject to hydrolysis) is 2. The molecule has 4 fully saturated rings. The third kappa shape index (κ3) is 8.93. The molecule has 0 radical (unpaired) electrons. The van der Waals surface area contributed by atoms with Crippen LogP contribution in [-0.2, 0) is 34.0 Å². The molecule has 4 aromatic rings.